The van der Waals surface area contributed by atoms with Crippen LogP contribution in [0.2, 0.25) is 0 Å². The number of hydrogen-bond donors (Lipinski definition) is 2. The Hall–Kier alpha value is -2.82. The summed E-state index contributed by atoms with van der Waals surface area (Å²) in [6, 6.07) is 3.40. The lowest BCUT2D eigenvalue weighted by Crippen LogP contribution is -2.44. The van der Waals surface area contributed by atoms with Gasteiger partial charge in [0, 0.05) is 44.0 Å². The fraction of sp³-hybridized carbons (Fsp3) is 0.522. The number of amides is 3. The van der Waals surface area contributed by atoms with Crippen LogP contribution in [-0.2, 0) is 6.18 Å². The van der Waals surface area contributed by atoms with Crippen LogP contribution in [0.4, 0.5) is 29.3 Å². The second-order valence-electron chi connectivity index (χ2n) is 8.55. The number of piperidine rings is 1. The van der Waals surface area contributed by atoms with Gasteiger partial charge in [0.2, 0.25) is 0 Å². The van der Waals surface area contributed by atoms with Crippen LogP contribution in [0, 0.1) is 0 Å². The van der Waals surface area contributed by atoms with Crippen molar-refractivity contribution in [1.82, 2.24) is 15.2 Å². The summed E-state index contributed by atoms with van der Waals surface area (Å²) >= 11 is 1.37. The monoisotopic (exact) mass is 495 g/mol. The molecule has 1 aromatic heterocycles. The van der Waals surface area contributed by atoms with E-state index in [9.17, 15) is 22.8 Å². The molecule has 7 nitrogen and oxygen atoms in total. The van der Waals surface area contributed by atoms with Crippen molar-refractivity contribution in [1.29, 1.82) is 0 Å². The molecule has 0 spiro atoms. The molecule has 0 atom stereocenters. The Morgan fingerprint density at radius 2 is 1.85 bits per heavy atom. The third kappa shape index (κ3) is 5.45. The number of carbonyl (C=O) groups excluding carboxylic acids is 2. The highest BCUT2D eigenvalue weighted by molar-refractivity contribution is 7.10. The van der Waals surface area contributed by atoms with Crippen LogP contribution in [0.1, 0.15) is 59.6 Å². The number of rotatable bonds is 5. The Morgan fingerprint density at radius 1 is 1.15 bits per heavy atom. The maximum absolute atomic E-state index is 13.3. The summed E-state index contributed by atoms with van der Waals surface area (Å²) < 4.78 is 39.9. The number of likely N-dealkylation sites (tertiary alicyclic amines) is 1. The number of thiazole rings is 1. The molecule has 3 heterocycles. The lowest BCUT2D eigenvalue weighted by molar-refractivity contribution is -0.137. The molecule has 1 aromatic carbocycles. The van der Waals surface area contributed by atoms with E-state index in [0.717, 1.165) is 55.9 Å². The maximum Gasteiger partial charge on any atom is 0.416 e. The number of aromatic nitrogens is 1. The zero-order valence-corrected chi connectivity index (χ0v) is 19.8. The lowest BCUT2D eigenvalue weighted by Gasteiger charge is -2.31. The summed E-state index contributed by atoms with van der Waals surface area (Å²) in [6.45, 7) is 5.16. The zero-order chi connectivity index (χ0) is 24.3. The Morgan fingerprint density at radius 3 is 2.50 bits per heavy atom. The first-order chi connectivity index (χ1) is 16.3. The van der Waals surface area contributed by atoms with Crippen molar-refractivity contribution in [3.63, 3.8) is 0 Å². The molecule has 11 heteroatoms. The maximum atomic E-state index is 13.3. The summed E-state index contributed by atoms with van der Waals surface area (Å²) in [4.78, 5) is 33.2. The minimum absolute atomic E-state index is 0.0740. The van der Waals surface area contributed by atoms with Gasteiger partial charge in [-0.15, -0.1) is 11.3 Å². The van der Waals surface area contributed by atoms with Gasteiger partial charge in [-0.05, 0) is 50.8 Å². The quantitative estimate of drug-likeness (QED) is 0.617. The molecule has 2 aliphatic rings. The molecule has 4 rings (SSSR count). The molecule has 0 unspecified atom stereocenters. The van der Waals surface area contributed by atoms with Gasteiger partial charge in [-0.1, -0.05) is 0 Å². The first kappa shape index (κ1) is 24.3. The normalized spacial score (nSPS) is 17.2. The van der Waals surface area contributed by atoms with Crippen LogP contribution in [0.15, 0.2) is 23.6 Å². The van der Waals surface area contributed by atoms with Crippen molar-refractivity contribution in [3.05, 3.63) is 39.8 Å². The highest BCUT2D eigenvalue weighted by Crippen LogP contribution is 2.37. The Bertz CT molecular complexity index is 1030. The van der Waals surface area contributed by atoms with Gasteiger partial charge in [-0.3, -0.25) is 4.79 Å². The SMILES string of the molecule is CCNC(=O)N1CCC(c2nc(C(=O)Nc3cc(C(F)(F)F)ccc3N3CCCC3)cs2)CC1. The second-order valence-corrected chi connectivity index (χ2v) is 9.44. The Kier molecular flexibility index (Phi) is 7.30. The number of benzene rings is 1. The van der Waals surface area contributed by atoms with Crippen molar-refractivity contribution in [2.75, 3.05) is 42.9 Å². The third-order valence-corrected chi connectivity index (χ3v) is 7.24. The molecule has 2 saturated heterocycles. The number of nitrogens with zero attached hydrogens (tertiary/aromatic N) is 3. The molecule has 34 heavy (non-hydrogen) atoms. The molecule has 3 amide bonds. The van der Waals surface area contributed by atoms with Gasteiger partial charge in [0.05, 0.1) is 21.9 Å². The zero-order valence-electron chi connectivity index (χ0n) is 19.0. The predicted molar refractivity (Wildman–Crippen MR) is 126 cm³/mol. The van der Waals surface area contributed by atoms with E-state index in [0.29, 0.717) is 25.3 Å². The first-order valence-electron chi connectivity index (χ1n) is 11.5. The molecule has 0 saturated carbocycles. The third-order valence-electron chi connectivity index (χ3n) is 6.23. The van der Waals surface area contributed by atoms with Gasteiger partial charge in [-0.25, -0.2) is 9.78 Å². The van der Waals surface area contributed by atoms with E-state index >= 15 is 0 Å². The van der Waals surface area contributed by atoms with E-state index in [1.54, 1.807) is 10.3 Å². The van der Waals surface area contributed by atoms with Crippen LogP contribution in [0.3, 0.4) is 0 Å². The number of anilines is 2. The molecule has 2 N–H and O–H groups in total. The standard InChI is InChI=1S/C23H28F3N5O2S/c1-2-27-22(33)31-11-7-15(8-12-31)21-29-18(14-34-21)20(32)28-17-13-16(23(24,25)26)5-6-19(17)30-9-3-4-10-30/h5-6,13-15H,2-4,7-12H2,1H3,(H,27,33)(H,28,32). The Labute approximate surface area is 200 Å². The molecule has 184 valence electrons. The summed E-state index contributed by atoms with van der Waals surface area (Å²) in [6.07, 6.45) is -1.08. The second kappa shape index (κ2) is 10.2. The molecular formula is C23H28F3N5O2S. The molecule has 0 aliphatic carbocycles. The van der Waals surface area contributed by atoms with Crippen LogP contribution >= 0.6 is 11.3 Å². The molecule has 2 aromatic rings. The number of nitrogens with one attached hydrogen (secondary N) is 2. The van der Waals surface area contributed by atoms with E-state index < -0.39 is 17.6 Å². The van der Waals surface area contributed by atoms with Gasteiger partial charge in [0.25, 0.3) is 5.91 Å². The average molecular weight is 496 g/mol. The minimum atomic E-state index is -4.50. The van der Waals surface area contributed by atoms with Crippen LogP contribution < -0.4 is 15.5 Å². The summed E-state index contributed by atoms with van der Waals surface area (Å²) in [5.41, 5.74) is 0.123. The van der Waals surface area contributed by atoms with Gasteiger partial charge in [-0.2, -0.15) is 13.2 Å². The van der Waals surface area contributed by atoms with Crippen LogP contribution in [0.5, 0.6) is 0 Å². The number of carbonyl (C=O) groups is 2. The molecule has 0 bridgehead atoms. The van der Waals surface area contributed by atoms with E-state index in [1.807, 2.05) is 11.8 Å². The van der Waals surface area contributed by atoms with E-state index in [-0.39, 0.29) is 23.3 Å². The van der Waals surface area contributed by atoms with Crippen LogP contribution in [-0.4, -0.2) is 54.5 Å². The number of hydrogen-bond acceptors (Lipinski definition) is 5. The predicted octanol–water partition coefficient (Wildman–Crippen LogP) is 4.92. The number of alkyl halides is 3. The number of halogens is 3. The van der Waals surface area contributed by atoms with Gasteiger partial charge >= 0.3 is 12.2 Å². The fourth-order valence-corrected chi connectivity index (χ4v) is 5.38. The topological polar surface area (TPSA) is 77.6 Å². The van der Waals surface area contributed by atoms with Crippen molar-refractivity contribution in [3.8, 4) is 0 Å². The van der Waals surface area contributed by atoms with Crippen molar-refractivity contribution in [2.24, 2.45) is 0 Å². The minimum Gasteiger partial charge on any atom is -0.370 e. The summed E-state index contributed by atoms with van der Waals surface area (Å²) in [7, 11) is 0. The van der Waals surface area contributed by atoms with Crippen LogP contribution in [0.25, 0.3) is 0 Å². The summed E-state index contributed by atoms with van der Waals surface area (Å²) in [5.74, 6) is -0.382. The van der Waals surface area contributed by atoms with Gasteiger partial charge < -0.3 is 20.4 Å². The average Bonchev–Trinajstić information content (AvgIpc) is 3.51. The number of urea groups is 1. The van der Waals surface area contributed by atoms with E-state index in [2.05, 4.69) is 15.6 Å². The summed E-state index contributed by atoms with van der Waals surface area (Å²) in [5, 5.41) is 7.92. The smallest absolute Gasteiger partial charge is 0.370 e. The van der Waals surface area contributed by atoms with E-state index in [1.165, 1.54) is 17.4 Å². The first-order valence-corrected chi connectivity index (χ1v) is 12.4. The molecule has 2 fully saturated rings. The van der Waals surface area contributed by atoms with Gasteiger partial charge in [0.15, 0.2) is 0 Å². The highest BCUT2D eigenvalue weighted by Gasteiger charge is 2.32. The molecular weight excluding hydrogens is 467 g/mol. The van der Waals surface area contributed by atoms with E-state index in [4.69, 9.17) is 0 Å². The largest absolute Gasteiger partial charge is 0.416 e. The molecule has 2 aliphatic heterocycles. The lowest BCUT2D eigenvalue weighted by atomic mass is 9.98. The van der Waals surface area contributed by atoms with Crippen molar-refractivity contribution >= 4 is 34.6 Å². The highest BCUT2D eigenvalue weighted by atomic mass is 32.1. The Balaban J connectivity index is 1.46. The van der Waals surface area contributed by atoms with Crippen molar-refractivity contribution < 1.29 is 22.8 Å². The fourth-order valence-electron chi connectivity index (χ4n) is 4.40. The van der Waals surface area contributed by atoms with Gasteiger partial charge in [0.1, 0.15) is 5.69 Å². The molecule has 0 radical (unpaired) electrons. The van der Waals surface area contributed by atoms with Crippen molar-refractivity contribution in [2.45, 2.75) is 44.7 Å².